The van der Waals surface area contributed by atoms with Crippen LogP contribution < -0.4 is 11.1 Å². The lowest BCUT2D eigenvalue weighted by atomic mass is 9.84. The molecule has 1 aliphatic rings. The second-order valence-electron chi connectivity index (χ2n) is 4.97. The van der Waals surface area contributed by atoms with Crippen molar-refractivity contribution in [2.24, 2.45) is 11.1 Å². The summed E-state index contributed by atoms with van der Waals surface area (Å²) in [5.41, 5.74) is 4.74. The molecule has 1 aromatic carbocycles. The van der Waals surface area contributed by atoms with Gasteiger partial charge in [-0.15, -0.1) is 0 Å². The lowest BCUT2D eigenvalue weighted by Gasteiger charge is -2.27. The second kappa shape index (κ2) is 4.65. The summed E-state index contributed by atoms with van der Waals surface area (Å²) in [6.45, 7) is 1.73. The van der Waals surface area contributed by atoms with Gasteiger partial charge in [0.25, 0.3) is 0 Å². The van der Waals surface area contributed by atoms with E-state index in [-0.39, 0.29) is 6.04 Å². The summed E-state index contributed by atoms with van der Waals surface area (Å²) in [4.78, 5) is 12.1. The average molecular weight is 254 g/mol. The van der Waals surface area contributed by atoms with Crippen molar-refractivity contribution in [2.45, 2.75) is 32.2 Å². The van der Waals surface area contributed by atoms with Gasteiger partial charge in [0.05, 0.1) is 5.41 Å². The van der Waals surface area contributed by atoms with Crippen LogP contribution in [0.2, 0.25) is 0 Å². The van der Waals surface area contributed by atoms with Crippen molar-refractivity contribution < 1.29 is 13.6 Å². The molecule has 1 fully saturated rings. The highest BCUT2D eigenvalue weighted by molar-refractivity contribution is 5.96. The van der Waals surface area contributed by atoms with E-state index < -0.39 is 28.6 Å². The number of anilines is 1. The fourth-order valence-electron chi connectivity index (χ4n) is 2.35. The van der Waals surface area contributed by atoms with Crippen molar-refractivity contribution >= 4 is 11.6 Å². The highest BCUT2D eigenvalue weighted by Crippen LogP contribution is 2.38. The number of amides is 1. The first-order valence-corrected chi connectivity index (χ1v) is 5.96. The topological polar surface area (TPSA) is 55.1 Å². The Hall–Kier alpha value is -1.49. The molecule has 18 heavy (non-hydrogen) atoms. The largest absolute Gasteiger partial charge is 0.327 e. The van der Waals surface area contributed by atoms with Gasteiger partial charge in [0.15, 0.2) is 0 Å². The van der Waals surface area contributed by atoms with Crippen LogP contribution in [0.4, 0.5) is 14.5 Å². The summed E-state index contributed by atoms with van der Waals surface area (Å²) >= 11 is 0. The maximum Gasteiger partial charge on any atom is 0.232 e. The molecule has 0 aliphatic heterocycles. The van der Waals surface area contributed by atoms with E-state index in [2.05, 4.69) is 5.32 Å². The van der Waals surface area contributed by atoms with Crippen molar-refractivity contribution in [3.8, 4) is 0 Å². The van der Waals surface area contributed by atoms with Crippen LogP contribution >= 0.6 is 0 Å². The lowest BCUT2D eigenvalue weighted by molar-refractivity contribution is -0.125. The summed E-state index contributed by atoms with van der Waals surface area (Å²) in [7, 11) is 0. The lowest BCUT2D eigenvalue weighted by Crippen LogP contribution is -2.44. The number of benzene rings is 1. The Labute approximate surface area is 104 Å². The van der Waals surface area contributed by atoms with Crippen LogP contribution in [0, 0.1) is 17.0 Å². The normalized spacial score (nSPS) is 27.2. The molecular formula is C13H16F2N2O. The standard InChI is InChI=1S/C13H16F2N2O/c1-13(7-3-6-10(13)16)12(18)17-11-8(14)4-2-5-9(11)15/h2,4-5,10H,3,6-7,16H2,1H3,(H,17,18). The van der Waals surface area contributed by atoms with Crippen LogP contribution in [0.5, 0.6) is 0 Å². The molecule has 1 saturated carbocycles. The van der Waals surface area contributed by atoms with Gasteiger partial charge in [-0.25, -0.2) is 8.78 Å². The van der Waals surface area contributed by atoms with Crippen molar-refractivity contribution in [3.05, 3.63) is 29.8 Å². The zero-order valence-corrected chi connectivity index (χ0v) is 10.2. The Morgan fingerprint density at radius 3 is 2.56 bits per heavy atom. The van der Waals surface area contributed by atoms with Gasteiger partial charge in [-0.05, 0) is 31.9 Å². The first-order valence-electron chi connectivity index (χ1n) is 5.96. The first-order chi connectivity index (χ1) is 8.45. The van der Waals surface area contributed by atoms with Gasteiger partial charge in [0.1, 0.15) is 17.3 Å². The van der Waals surface area contributed by atoms with Gasteiger partial charge < -0.3 is 11.1 Å². The minimum absolute atomic E-state index is 0.271. The third-order valence-corrected chi connectivity index (χ3v) is 3.75. The smallest absolute Gasteiger partial charge is 0.232 e. The highest BCUT2D eigenvalue weighted by Gasteiger charge is 2.43. The van der Waals surface area contributed by atoms with Crippen LogP contribution in [0.3, 0.4) is 0 Å². The van der Waals surface area contributed by atoms with Crippen molar-refractivity contribution in [2.75, 3.05) is 5.32 Å². The Morgan fingerprint density at radius 1 is 1.44 bits per heavy atom. The number of carbonyl (C=O) groups excluding carboxylic acids is 1. The number of carbonyl (C=O) groups is 1. The molecule has 98 valence electrons. The third-order valence-electron chi connectivity index (χ3n) is 3.75. The van der Waals surface area contributed by atoms with E-state index in [1.807, 2.05) is 0 Å². The quantitative estimate of drug-likeness (QED) is 0.851. The van der Waals surface area contributed by atoms with Crippen molar-refractivity contribution in [1.29, 1.82) is 0 Å². The highest BCUT2D eigenvalue weighted by atomic mass is 19.1. The molecule has 0 aromatic heterocycles. The molecule has 0 bridgehead atoms. The number of nitrogens with two attached hydrogens (primary N) is 1. The molecule has 3 nitrogen and oxygen atoms in total. The summed E-state index contributed by atoms with van der Waals surface area (Å²) in [5.74, 6) is -1.98. The SMILES string of the molecule is CC1(C(=O)Nc2c(F)cccc2F)CCCC1N. The second-order valence-corrected chi connectivity index (χ2v) is 4.97. The zero-order chi connectivity index (χ0) is 13.3. The predicted molar refractivity (Wildman–Crippen MR) is 64.9 cm³/mol. The maximum atomic E-state index is 13.4. The molecule has 0 saturated heterocycles. The van der Waals surface area contributed by atoms with Crippen LogP contribution in [0.25, 0.3) is 0 Å². The molecule has 2 rings (SSSR count). The van der Waals surface area contributed by atoms with Gasteiger partial charge in [0.2, 0.25) is 5.91 Å². The van der Waals surface area contributed by atoms with Gasteiger partial charge in [-0.2, -0.15) is 0 Å². The molecule has 0 radical (unpaired) electrons. The number of hydrogen-bond donors (Lipinski definition) is 2. The molecular weight excluding hydrogens is 238 g/mol. The first kappa shape index (κ1) is 13.0. The monoisotopic (exact) mass is 254 g/mol. The van der Waals surface area contributed by atoms with E-state index in [0.29, 0.717) is 6.42 Å². The van der Waals surface area contributed by atoms with Crippen molar-refractivity contribution in [1.82, 2.24) is 0 Å². The van der Waals surface area contributed by atoms with E-state index >= 15 is 0 Å². The van der Waals surface area contributed by atoms with Gasteiger partial charge in [0, 0.05) is 6.04 Å². The average Bonchev–Trinajstić information content (AvgIpc) is 2.66. The summed E-state index contributed by atoms with van der Waals surface area (Å²) < 4.78 is 26.9. The van der Waals surface area contributed by atoms with Gasteiger partial charge in [-0.3, -0.25) is 4.79 Å². The molecule has 0 spiro atoms. The van der Waals surface area contributed by atoms with E-state index in [1.165, 1.54) is 6.07 Å². The molecule has 5 heteroatoms. The Kier molecular flexibility index (Phi) is 3.34. The van der Waals surface area contributed by atoms with Crippen LogP contribution in [-0.2, 0) is 4.79 Å². The maximum absolute atomic E-state index is 13.4. The van der Waals surface area contributed by atoms with E-state index in [0.717, 1.165) is 25.0 Å². The summed E-state index contributed by atoms with van der Waals surface area (Å²) in [6.07, 6.45) is 2.24. The molecule has 1 amide bonds. The number of hydrogen-bond acceptors (Lipinski definition) is 2. The summed E-state index contributed by atoms with van der Waals surface area (Å²) in [5, 5.41) is 2.32. The van der Waals surface area contributed by atoms with E-state index in [4.69, 9.17) is 5.73 Å². The predicted octanol–water partition coefficient (Wildman–Crippen LogP) is 2.42. The molecule has 2 unspecified atom stereocenters. The minimum Gasteiger partial charge on any atom is -0.327 e. The third kappa shape index (κ3) is 2.10. The van der Waals surface area contributed by atoms with Crippen LogP contribution in [-0.4, -0.2) is 11.9 Å². The molecule has 1 aromatic rings. The van der Waals surface area contributed by atoms with E-state index in [1.54, 1.807) is 6.92 Å². The van der Waals surface area contributed by atoms with Crippen molar-refractivity contribution in [3.63, 3.8) is 0 Å². The Morgan fingerprint density at radius 2 is 2.06 bits per heavy atom. The van der Waals surface area contributed by atoms with Gasteiger partial charge in [-0.1, -0.05) is 12.5 Å². The molecule has 1 aliphatic carbocycles. The van der Waals surface area contributed by atoms with Crippen LogP contribution in [0.1, 0.15) is 26.2 Å². The van der Waals surface area contributed by atoms with Gasteiger partial charge >= 0.3 is 0 Å². The number of rotatable bonds is 2. The summed E-state index contributed by atoms with van der Waals surface area (Å²) in [6, 6.07) is 3.20. The fraction of sp³-hybridized carbons (Fsp3) is 0.462. The number of nitrogens with one attached hydrogen (secondary N) is 1. The minimum atomic E-state index is -0.779. The van der Waals surface area contributed by atoms with E-state index in [9.17, 15) is 13.6 Å². The Bertz CT molecular complexity index is 458. The number of para-hydroxylation sites is 1. The number of halogens is 2. The van der Waals surface area contributed by atoms with Crippen LogP contribution in [0.15, 0.2) is 18.2 Å². The zero-order valence-electron chi connectivity index (χ0n) is 10.2. The molecule has 3 N–H and O–H groups in total. The molecule has 2 atom stereocenters. The fourth-order valence-corrected chi connectivity index (χ4v) is 2.35. The molecule has 0 heterocycles. The Balaban J connectivity index is 2.22.